The lowest BCUT2D eigenvalue weighted by Gasteiger charge is -2.19. The van der Waals surface area contributed by atoms with Gasteiger partial charge < -0.3 is 4.42 Å². The van der Waals surface area contributed by atoms with E-state index in [0.29, 0.717) is 0 Å². The van der Waals surface area contributed by atoms with Crippen molar-refractivity contribution in [1.82, 2.24) is 0 Å². The van der Waals surface area contributed by atoms with E-state index in [1.807, 2.05) is 0 Å². The molecule has 0 aliphatic heterocycles. The van der Waals surface area contributed by atoms with Crippen LogP contribution in [-0.2, 0) is 0 Å². The first-order valence-electron chi connectivity index (χ1n) is 29.7. The van der Waals surface area contributed by atoms with Crippen molar-refractivity contribution >= 4 is 75.8 Å². The van der Waals surface area contributed by atoms with Crippen LogP contribution < -0.4 is 0 Å². The van der Waals surface area contributed by atoms with Gasteiger partial charge >= 0.3 is 0 Å². The van der Waals surface area contributed by atoms with Gasteiger partial charge in [-0.3, -0.25) is 0 Å². The molecule has 1 heteroatoms. The molecule has 0 fully saturated rings. The van der Waals surface area contributed by atoms with Crippen molar-refractivity contribution < 1.29 is 44.2 Å². The zero-order chi connectivity index (χ0) is 58.7. The molecule has 0 aliphatic rings. The molecule has 0 saturated carbocycles. The second kappa shape index (κ2) is 10.9. The van der Waals surface area contributed by atoms with Gasteiger partial charge in [0.2, 0.25) is 0 Å². The Morgan fingerprint density at radius 1 is 0.353 bits per heavy atom. The maximum absolute atomic E-state index is 10.1. The number of rotatable bonds is 3. The number of fused-ring (bicyclic) bond motifs is 10. The van der Waals surface area contributed by atoms with Gasteiger partial charge in [0.15, 0.2) is 0 Å². The molecular formula is C50H30O. The smallest absolute Gasteiger partial charge is 0.143 e. The third-order valence-corrected chi connectivity index (χ3v) is 8.69. The second-order valence-electron chi connectivity index (χ2n) is 11.3. The van der Waals surface area contributed by atoms with Crippen LogP contribution in [0.4, 0.5) is 0 Å². The van der Waals surface area contributed by atoms with Crippen LogP contribution in [0.25, 0.3) is 109 Å². The molecule has 10 aromatic carbocycles. The van der Waals surface area contributed by atoms with Gasteiger partial charge in [0.1, 0.15) is 11.2 Å². The van der Waals surface area contributed by atoms with Crippen molar-refractivity contribution in [3.05, 3.63) is 181 Å². The van der Waals surface area contributed by atoms with Crippen LogP contribution in [0.5, 0.6) is 0 Å². The van der Waals surface area contributed by atoms with E-state index >= 15 is 0 Å². The fourth-order valence-corrected chi connectivity index (χ4v) is 6.59. The van der Waals surface area contributed by atoms with E-state index in [1.54, 1.807) is 0 Å². The summed E-state index contributed by atoms with van der Waals surface area (Å²) in [6.07, 6.45) is 0. The summed E-state index contributed by atoms with van der Waals surface area (Å²) in [6.45, 7) is 0. The van der Waals surface area contributed by atoms with Gasteiger partial charge in [0.25, 0.3) is 0 Å². The summed E-state index contributed by atoms with van der Waals surface area (Å²) >= 11 is 0. The Kier molecular flexibility index (Phi) is 2.56. The molecule has 0 atom stereocenters. The summed E-state index contributed by atoms with van der Waals surface area (Å²) in [5, 5.41) is -7.25. The Hall–Kier alpha value is -6.70. The molecule has 0 spiro atoms. The van der Waals surface area contributed by atoms with Crippen LogP contribution in [0.15, 0.2) is 186 Å². The quantitative estimate of drug-likeness (QED) is 0.134. The fraction of sp³-hybridized carbons (Fsp3) is 0. The molecule has 11 aromatic rings. The third kappa shape index (κ3) is 4.16. The molecule has 0 radical (unpaired) electrons. The molecule has 0 aliphatic carbocycles. The van der Waals surface area contributed by atoms with Crippen molar-refractivity contribution in [3.63, 3.8) is 0 Å². The fourth-order valence-electron chi connectivity index (χ4n) is 6.59. The van der Waals surface area contributed by atoms with Crippen LogP contribution in [0.3, 0.4) is 0 Å². The molecule has 1 heterocycles. The van der Waals surface area contributed by atoms with Crippen molar-refractivity contribution in [2.24, 2.45) is 0 Å². The highest BCUT2D eigenvalue weighted by Crippen LogP contribution is 2.48. The number of hydrogen-bond acceptors (Lipinski definition) is 1. The Balaban J connectivity index is 1.44. The zero-order valence-electron chi connectivity index (χ0n) is 54.5. The van der Waals surface area contributed by atoms with Crippen LogP contribution in [-0.4, -0.2) is 0 Å². The Morgan fingerprint density at radius 3 is 1.69 bits per heavy atom. The summed E-state index contributed by atoms with van der Waals surface area (Å²) in [6, 6.07) is -25.2. The van der Waals surface area contributed by atoms with E-state index in [1.165, 1.54) is 0 Å². The molecule has 0 N–H and O–H groups in total. The third-order valence-electron chi connectivity index (χ3n) is 8.69. The molecule has 1 nitrogen and oxygen atoms in total. The van der Waals surface area contributed by atoms with Gasteiger partial charge in [-0.25, -0.2) is 0 Å². The first-order chi connectivity index (χ1) is 37.4. The lowest BCUT2D eigenvalue weighted by atomic mass is 9.84. The highest BCUT2D eigenvalue weighted by molar-refractivity contribution is 6.27. The number of furan rings is 1. The minimum absolute atomic E-state index is 0.469. The van der Waals surface area contributed by atoms with Gasteiger partial charge in [0, 0.05) is 16.2 Å². The van der Waals surface area contributed by atoms with Crippen LogP contribution in [0, 0.1) is 0 Å². The van der Waals surface area contributed by atoms with Crippen molar-refractivity contribution in [3.8, 4) is 33.4 Å². The summed E-state index contributed by atoms with van der Waals surface area (Å²) in [5.41, 5.74) is -5.49. The normalized spacial score (nSPS) is 19.9. The average Bonchev–Trinajstić information content (AvgIpc) is 3.20. The maximum Gasteiger partial charge on any atom is 0.143 e. The molecule has 0 saturated heterocycles. The summed E-state index contributed by atoms with van der Waals surface area (Å²) < 4.78 is 270. The van der Waals surface area contributed by atoms with E-state index in [2.05, 4.69) is 0 Å². The Labute approximate surface area is 335 Å². The van der Waals surface area contributed by atoms with Gasteiger partial charge in [-0.2, -0.15) is 0 Å². The zero-order valence-corrected chi connectivity index (χ0v) is 25.5. The van der Waals surface area contributed by atoms with Gasteiger partial charge in [-0.1, -0.05) is 163 Å². The molecular weight excluding hydrogens is 617 g/mol. The molecule has 1 aromatic heterocycles. The summed E-state index contributed by atoms with van der Waals surface area (Å²) in [5.74, 6) is 0. The van der Waals surface area contributed by atoms with Crippen molar-refractivity contribution in [2.75, 3.05) is 0 Å². The average molecular weight is 676 g/mol. The first-order valence-corrected chi connectivity index (χ1v) is 15.2. The molecule has 0 unspecified atom stereocenters. The van der Waals surface area contributed by atoms with E-state index in [4.69, 9.17) is 30.5 Å². The second-order valence-corrected chi connectivity index (χ2v) is 11.3. The van der Waals surface area contributed by atoms with Crippen LogP contribution >= 0.6 is 0 Å². The van der Waals surface area contributed by atoms with Crippen molar-refractivity contribution in [2.45, 2.75) is 0 Å². The minimum atomic E-state index is -1.02. The summed E-state index contributed by atoms with van der Waals surface area (Å²) in [7, 11) is 0. The molecule has 0 amide bonds. The number of benzene rings is 10. The Bertz CT molecular complexity index is 4790. The highest BCUT2D eigenvalue weighted by atomic mass is 16.3. The molecule has 11 rings (SSSR count). The van der Waals surface area contributed by atoms with Crippen molar-refractivity contribution in [1.29, 1.82) is 0 Å². The maximum atomic E-state index is 10.1. The SMILES string of the molecule is [2H]c1cc(-c2c([2H])c([2H])c([2H])c3c([2H])c([2H])c4c([2H])c([2H])c([2H])c([2H])c4c23)c([2H])c(-c2c3c([2H])c([2H])c([2H])c([2H])c3c(-c3c([2H])c([2H])c([2H])c4oc5c6c([2H])c([2H])c([2H])c([2H])c6c([2H])c([2H])c5c34)c3c([2H])c([2H])c([2H])c([2H])c23)c1[2H]. The lowest BCUT2D eigenvalue weighted by molar-refractivity contribution is 0.673. The van der Waals surface area contributed by atoms with E-state index in [0.717, 1.165) is 6.07 Å². The molecule has 236 valence electrons. The van der Waals surface area contributed by atoms with Gasteiger partial charge in [-0.05, 0) is 100.0 Å². The number of hydrogen-bond donors (Lipinski definition) is 0. The topological polar surface area (TPSA) is 13.1 Å². The Morgan fingerprint density at radius 2 is 0.922 bits per heavy atom. The monoisotopic (exact) mass is 675 g/mol. The van der Waals surface area contributed by atoms with E-state index in [-0.39, 0.29) is 0 Å². The standard InChI is InChI=1S/C50H30O/c1-3-17-36-31(12-1)26-27-33-14-10-23-37(46(33)36)34-15-9-16-35(30-34)47-39-19-5-7-21-41(39)48(42-22-8-6-20-40(42)47)43-24-11-25-45-49(43)44-29-28-32-13-2-4-18-38(32)50(44)51-45/h1-30H/i1D,2D,3D,4D,5D,6D,7D,8D,9D,10D,11D,12D,13D,14D,16D,17D,18D,19D,20D,21D,22D,23D,24D,25D,26D,27D,28D,29D,30D. The van der Waals surface area contributed by atoms with Gasteiger partial charge in [-0.15, -0.1) is 0 Å². The summed E-state index contributed by atoms with van der Waals surface area (Å²) in [4.78, 5) is 0. The lowest BCUT2D eigenvalue weighted by Crippen LogP contribution is -1.92. The predicted molar refractivity (Wildman–Crippen MR) is 218 cm³/mol. The van der Waals surface area contributed by atoms with E-state index < -0.39 is 284 Å². The molecule has 0 bridgehead atoms. The highest BCUT2D eigenvalue weighted by Gasteiger charge is 2.21. The van der Waals surface area contributed by atoms with Gasteiger partial charge in [0.05, 0.1) is 39.8 Å². The van der Waals surface area contributed by atoms with E-state index in [9.17, 15) is 13.7 Å². The minimum Gasteiger partial charge on any atom is -0.455 e. The molecule has 51 heavy (non-hydrogen) atoms. The first kappa shape index (κ1) is 12.0. The largest absolute Gasteiger partial charge is 0.455 e. The van der Waals surface area contributed by atoms with Crippen LogP contribution in [0.2, 0.25) is 0 Å². The predicted octanol–water partition coefficient (Wildman–Crippen LogP) is 14.4. The van der Waals surface area contributed by atoms with Crippen LogP contribution in [0.1, 0.15) is 39.8 Å².